The lowest BCUT2D eigenvalue weighted by molar-refractivity contribution is -0.384. The number of nitrogen functional groups attached to an aromatic ring is 1. The Labute approximate surface area is 151 Å². The van der Waals surface area contributed by atoms with Gasteiger partial charge in [0.15, 0.2) is 6.61 Å². The molecule has 0 fully saturated rings. The Kier molecular flexibility index (Phi) is 5.71. The van der Waals surface area contributed by atoms with E-state index in [4.69, 9.17) is 10.5 Å². The van der Waals surface area contributed by atoms with Gasteiger partial charge in [-0.2, -0.15) is 0 Å². The van der Waals surface area contributed by atoms with Crippen LogP contribution in [0.3, 0.4) is 0 Å². The molecule has 0 aliphatic heterocycles. The van der Waals surface area contributed by atoms with Crippen molar-refractivity contribution in [2.24, 2.45) is 0 Å². The molecule has 0 radical (unpaired) electrons. The van der Waals surface area contributed by atoms with Crippen molar-refractivity contribution in [1.29, 1.82) is 0 Å². The van der Waals surface area contributed by atoms with Crippen molar-refractivity contribution in [3.05, 3.63) is 62.1 Å². The first-order chi connectivity index (χ1) is 11.8. The van der Waals surface area contributed by atoms with Crippen LogP contribution in [0.2, 0.25) is 0 Å². The molecule has 25 heavy (non-hydrogen) atoms. The first kappa shape index (κ1) is 18.4. The van der Waals surface area contributed by atoms with Gasteiger partial charge < -0.3 is 15.8 Å². The van der Waals surface area contributed by atoms with E-state index in [-0.39, 0.29) is 16.9 Å². The predicted octanol–water partition coefficient (Wildman–Crippen LogP) is 3.04. The number of hydrogen-bond donors (Lipinski definition) is 2. The van der Waals surface area contributed by atoms with Gasteiger partial charge in [-0.15, -0.1) is 0 Å². The Bertz CT molecular complexity index is 854. The summed E-state index contributed by atoms with van der Waals surface area (Å²) in [6.07, 6.45) is 0. The number of halogens is 1. The van der Waals surface area contributed by atoms with Crippen LogP contribution in [0.5, 0.6) is 0 Å². The zero-order valence-corrected chi connectivity index (χ0v) is 14.7. The topological polar surface area (TPSA) is 125 Å². The van der Waals surface area contributed by atoms with Gasteiger partial charge in [-0.3, -0.25) is 14.9 Å². The van der Waals surface area contributed by atoms with Crippen molar-refractivity contribution in [3.8, 4) is 0 Å². The molecule has 8 nitrogen and oxygen atoms in total. The van der Waals surface area contributed by atoms with Crippen molar-refractivity contribution in [2.75, 3.05) is 17.7 Å². The summed E-state index contributed by atoms with van der Waals surface area (Å²) in [6, 6.07) is 8.70. The third-order valence-corrected chi connectivity index (χ3v) is 3.76. The number of nitrogens with zero attached hydrogens (tertiary/aromatic N) is 1. The molecule has 0 saturated carbocycles. The lowest BCUT2D eigenvalue weighted by Gasteiger charge is -2.10. The van der Waals surface area contributed by atoms with E-state index in [1.807, 2.05) is 13.0 Å². The lowest BCUT2D eigenvalue weighted by Crippen LogP contribution is -2.21. The molecule has 2 aromatic carbocycles. The van der Waals surface area contributed by atoms with E-state index in [9.17, 15) is 19.7 Å². The Morgan fingerprint density at radius 1 is 1.28 bits per heavy atom. The number of ether oxygens (including phenoxy) is 1. The normalized spacial score (nSPS) is 10.2. The fourth-order valence-electron chi connectivity index (χ4n) is 2.01. The number of hydrogen-bond acceptors (Lipinski definition) is 6. The lowest BCUT2D eigenvalue weighted by atomic mass is 10.1. The minimum atomic E-state index is -0.838. The van der Waals surface area contributed by atoms with Gasteiger partial charge in [0.25, 0.3) is 11.6 Å². The number of nitro benzene ring substituents is 1. The molecule has 0 aliphatic carbocycles. The molecule has 0 saturated heterocycles. The Morgan fingerprint density at radius 3 is 2.60 bits per heavy atom. The van der Waals surface area contributed by atoms with Crippen LogP contribution in [0.1, 0.15) is 15.9 Å². The van der Waals surface area contributed by atoms with Gasteiger partial charge in [0.2, 0.25) is 0 Å². The summed E-state index contributed by atoms with van der Waals surface area (Å²) in [6.45, 7) is 1.31. The number of carbonyl (C=O) groups excluding carboxylic acids is 2. The van der Waals surface area contributed by atoms with Crippen LogP contribution in [-0.2, 0) is 9.53 Å². The fourth-order valence-corrected chi connectivity index (χ4v) is 2.49. The van der Waals surface area contributed by atoms with Crippen LogP contribution in [0.15, 0.2) is 40.9 Å². The number of rotatable bonds is 5. The minimum Gasteiger partial charge on any atom is -0.452 e. The summed E-state index contributed by atoms with van der Waals surface area (Å²) >= 11 is 3.32. The third-order valence-electron chi connectivity index (χ3n) is 3.26. The molecule has 0 aliphatic rings. The fraction of sp³-hybridized carbons (Fsp3) is 0.125. The zero-order valence-electron chi connectivity index (χ0n) is 13.1. The summed E-state index contributed by atoms with van der Waals surface area (Å²) in [4.78, 5) is 33.9. The molecule has 2 aromatic rings. The highest BCUT2D eigenvalue weighted by Crippen LogP contribution is 2.21. The van der Waals surface area contributed by atoms with E-state index in [2.05, 4.69) is 21.2 Å². The van der Waals surface area contributed by atoms with Crippen LogP contribution in [0.25, 0.3) is 0 Å². The first-order valence-electron chi connectivity index (χ1n) is 7.05. The van der Waals surface area contributed by atoms with Gasteiger partial charge in [-0.25, -0.2) is 4.79 Å². The van der Waals surface area contributed by atoms with Gasteiger partial charge in [-0.1, -0.05) is 15.9 Å². The molecule has 0 aromatic heterocycles. The molecule has 0 heterocycles. The van der Waals surface area contributed by atoms with Crippen molar-refractivity contribution in [2.45, 2.75) is 6.92 Å². The van der Waals surface area contributed by atoms with Gasteiger partial charge in [0.05, 0.1) is 16.2 Å². The van der Waals surface area contributed by atoms with Crippen LogP contribution in [0, 0.1) is 17.0 Å². The first-order valence-corrected chi connectivity index (χ1v) is 7.84. The van der Waals surface area contributed by atoms with E-state index in [1.165, 1.54) is 6.07 Å². The van der Waals surface area contributed by atoms with E-state index >= 15 is 0 Å². The van der Waals surface area contributed by atoms with Crippen LogP contribution < -0.4 is 11.1 Å². The molecule has 0 bridgehead atoms. The molecular formula is C16H14BrN3O5. The maximum atomic E-state index is 12.0. The number of non-ortho nitro benzene ring substituents is 1. The van der Waals surface area contributed by atoms with Gasteiger partial charge in [0, 0.05) is 22.3 Å². The van der Waals surface area contributed by atoms with Gasteiger partial charge >= 0.3 is 5.97 Å². The quantitative estimate of drug-likeness (QED) is 0.339. The summed E-state index contributed by atoms with van der Waals surface area (Å²) in [5, 5.41) is 13.3. The summed E-state index contributed by atoms with van der Waals surface area (Å²) in [5.41, 5.74) is 6.68. The monoisotopic (exact) mass is 407 g/mol. The highest BCUT2D eigenvalue weighted by molar-refractivity contribution is 9.10. The second-order valence-corrected chi connectivity index (χ2v) is 6.03. The molecule has 3 N–H and O–H groups in total. The standard InChI is InChI=1S/C16H14BrN3O5/c1-9-6-10(17)2-5-14(9)19-15(21)8-25-16(22)12-4-3-11(20(23)24)7-13(12)18/h2-7H,8,18H2,1H3,(H,19,21). The maximum Gasteiger partial charge on any atom is 0.340 e. The number of benzene rings is 2. The average Bonchev–Trinajstić information content (AvgIpc) is 2.55. The number of nitrogens with two attached hydrogens (primary N) is 1. The molecule has 0 unspecified atom stereocenters. The molecule has 1 amide bonds. The van der Waals surface area contributed by atoms with Crippen molar-refractivity contribution in [1.82, 2.24) is 0 Å². The Hall–Kier alpha value is -2.94. The van der Waals surface area contributed by atoms with Crippen LogP contribution >= 0.6 is 15.9 Å². The number of carbonyl (C=O) groups is 2. The SMILES string of the molecule is Cc1cc(Br)ccc1NC(=O)COC(=O)c1ccc([N+](=O)[O-])cc1N. The molecular weight excluding hydrogens is 394 g/mol. The van der Waals surface area contributed by atoms with Crippen molar-refractivity contribution < 1.29 is 19.2 Å². The number of aryl methyl sites for hydroxylation is 1. The maximum absolute atomic E-state index is 12.0. The number of anilines is 2. The second-order valence-electron chi connectivity index (χ2n) is 5.11. The van der Waals surface area contributed by atoms with Gasteiger partial charge in [-0.05, 0) is 36.8 Å². The van der Waals surface area contributed by atoms with E-state index < -0.39 is 23.4 Å². The van der Waals surface area contributed by atoms with Gasteiger partial charge in [0.1, 0.15) is 0 Å². The Morgan fingerprint density at radius 2 is 2.00 bits per heavy atom. The second kappa shape index (κ2) is 7.75. The highest BCUT2D eigenvalue weighted by Gasteiger charge is 2.17. The largest absolute Gasteiger partial charge is 0.452 e. The number of amides is 1. The van der Waals surface area contributed by atoms with E-state index in [0.717, 1.165) is 22.2 Å². The van der Waals surface area contributed by atoms with Crippen LogP contribution in [-0.4, -0.2) is 23.4 Å². The molecule has 130 valence electrons. The van der Waals surface area contributed by atoms with E-state index in [1.54, 1.807) is 12.1 Å². The molecule has 9 heteroatoms. The van der Waals surface area contributed by atoms with Crippen molar-refractivity contribution in [3.63, 3.8) is 0 Å². The number of nitrogens with one attached hydrogen (secondary N) is 1. The van der Waals surface area contributed by atoms with Crippen molar-refractivity contribution >= 4 is 44.9 Å². The number of esters is 1. The smallest absolute Gasteiger partial charge is 0.340 e. The number of nitro groups is 1. The third kappa shape index (κ3) is 4.77. The Balaban J connectivity index is 1.97. The predicted molar refractivity (Wildman–Crippen MR) is 95.3 cm³/mol. The zero-order chi connectivity index (χ0) is 18.6. The minimum absolute atomic E-state index is 0.0433. The summed E-state index contributed by atoms with van der Waals surface area (Å²) in [7, 11) is 0. The molecule has 2 rings (SSSR count). The van der Waals surface area contributed by atoms with Crippen LogP contribution in [0.4, 0.5) is 17.1 Å². The highest BCUT2D eigenvalue weighted by atomic mass is 79.9. The summed E-state index contributed by atoms with van der Waals surface area (Å²) in [5.74, 6) is -1.35. The molecule has 0 spiro atoms. The average molecular weight is 408 g/mol. The van der Waals surface area contributed by atoms with E-state index in [0.29, 0.717) is 5.69 Å². The molecule has 0 atom stereocenters. The summed E-state index contributed by atoms with van der Waals surface area (Å²) < 4.78 is 5.77.